The monoisotopic (exact) mass is 497 g/mol. The predicted molar refractivity (Wildman–Crippen MR) is 114 cm³/mol. The number of ether oxygens (including phenoxy) is 2. The third-order valence-electron chi connectivity index (χ3n) is 3.82. The van der Waals surface area contributed by atoms with Crippen LogP contribution in [0.4, 0.5) is 0 Å². The average Bonchev–Trinajstić information content (AvgIpc) is 2.93. The van der Waals surface area contributed by atoms with E-state index in [4.69, 9.17) is 9.47 Å². The minimum Gasteiger partial charge on any atom is -0.491 e. The summed E-state index contributed by atoms with van der Waals surface area (Å²) in [5.74, 6) is 1.86. The molecule has 26 heavy (non-hydrogen) atoms. The number of hydrogen-bond acceptors (Lipinski definition) is 5. The number of nitrogens with one attached hydrogen (secondary N) is 2. The maximum atomic E-state index is 11.6. The number of aliphatic imine (C=N–C) groups is 1. The van der Waals surface area contributed by atoms with Crippen LogP contribution in [0.5, 0.6) is 5.75 Å². The third kappa shape index (κ3) is 8.09. The summed E-state index contributed by atoms with van der Waals surface area (Å²) in [6, 6.07) is 7.68. The molecule has 1 fully saturated rings. The summed E-state index contributed by atoms with van der Waals surface area (Å²) in [4.78, 5) is 4.54. The molecule has 0 aliphatic carbocycles. The molecule has 1 heterocycles. The zero-order valence-corrected chi connectivity index (χ0v) is 18.4. The quantitative estimate of drug-likeness (QED) is 0.246. The highest BCUT2D eigenvalue weighted by Gasteiger charge is 2.28. The number of nitrogens with zero attached hydrogens (tertiary/aromatic N) is 1. The zero-order valence-electron chi connectivity index (χ0n) is 15.2. The van der Waals surface area contributed by atoms with Crippen molar-refractivity contribution < 1.29 is 17.9 Å². The molecule has 2 N–H and O–H groups in total. The molecule has 148 valence electrons. The summed E-state index contributed by atoms with van der Waals surface area (Å²) < 4.78 is 33.6. The molecular weight excluding hydrogens is 469 g/mol. The van der Waals surface area contributed by atoms with Gasteiger partial charge in [-0.05, 0) is 31.0 Å². The molecule has 0 bridgehead atoms. The summed E-state index contributed by atoms with van der Waals surface area (Å²) in [6.45, 7) is 4.28. The van der Waals surface area contributed by atoms with Crippen molar-refractivity contribution in [1.29, 1.82) is 0 Å². The lowest BCUT2D eigenvalue weighted by Gasteiger charge is -2.15. The first-order chi connectivity index (χ1) is 12.0. The summed E-state index contributed by atoms with van der Waals surface area (Å²) in [5, 5.41) is 6.37. The second-order valence-electron chi connectivity index (χ2n) is 5.92. The van der Waals surface area contributed by atoms with Gasteiger partial charge in [-0.2, -0.15) is 0 Å². The highest BCUT2D eigenvalue weighted by molar-refractivity contribution is 14.0. The first kappa shape index (κ1) is 23.0. The van der Waals surface area contributed by atoms with Crippen molar-refractivity contribution >= 4 is 39.8 Å². The van der Waals surface area contributed by atoms with Gasteiger partial charge >= 0.3 is 0 Å². The largest absolute Gasteiger partial charge is 0.491 e. The minimum absolute atomic E-state index is 0. The van der Waals surface area contributed by atoms with Crippen molar-refractivity contribution in [2.75, 3.05) is 38.4 Å². The van der Waals surface area contributed by atoms with Crippen LogP contribution in [0.25, 0.3) is 0 Å². The molecule has 0 aromatic heterocycles. The van der Waals surface area contributed by atoms with Crippen molar-refractivity contribution in [3.05, 3.63) is 29.8 Å². The number of sulfone groups is 1. The predicted octanol–water partition coefficient (Wildman–Crippen LogP) is 1.57. The number of halogens is 1. The van der Waals surface area contributed by atoms with E-state index in [1.54, 1.807) is 7.11 Å². The lowest BCUT2D eigenvalue weighted by Crippen LogP contribution is -2.44. The van der Waals surface area contributed by atoms with Gasteiger partial charge in [-0.25, -0.2) is 13.4 Å². The Morgan fingerprint density at radius 1 is 1.27 bits per heavy atom. The van der Waals surface area contributed by atoms with E-state index in [0.29, 0.717) is 32.1 Å². The molecule has 1 saturated heterocycles. The van der Waals surface area contributed by atoms with Gasteiger partial charge < -0.3 is 20.1 Å². The fraction of sp³-hybridized carbons (Fsp3) is 0.588. The maximum absolute atomic E-state index is 11.6. The number of guanidine groups is 1. The van der Waals surface area contributed by atoms with Gasteiger partial charge in [0.25, 0.3) is 0 Å². The first-order valence-electron chi connectivity index (χ1n) is 8.48. The van der Waals surface area contributed by atoms with Gasteiger partial charge in [0.2, 0.25) is 0 Å². The number of hydrogen-bond donors (Lipinski definition) is 2. The van der Waals surface area contributed by atoms with Gasteiger partial charge in [-0.3, -0.25) is 0 Å². The van der Waals surface area contributed by atoms with E-state index >= 15 is 0 Å². The highest BCUT2D eigenvalue weighted by Crippen LogP contribution is 2.13. The standard InChI is InChI=1S/C17H27N3O4S.HI/c1-3-18-17(20-15-8-11-25(21,22)13-15)19-12-14-4-6-16(7-5-14)24-10-9-23-2;/h4-7,15H,3,8-13H2,1-2H3,(H2,18,19,20);1H. The van der Waals surface area contributed by atoms with Crippen molar-refractivity contribution in [3.63, 3.8) is 0 Å². The molecule has 9 heteroatoms. The van der Waals surface area contributed by atoms with Gasteiger partial charge in [-0.1, -0.05) is 12.1 Å². The molecule has 0 radical (unpaired) electrons. The van der Waals surface area contributed by atoms with Crippen LogP contribution in [0.1, 0.15) is 18.9 Å². The SMILES string of the molecule is CCNC(=NCc1ccc(OCCOC)cc1)NC1CCS(=O)(=O)C1.I. The van der Waals surface area contributed by atoms with Crippen LogP contribution in [0, 0.1) is 0 Å². The summed E-state index contributed by atoms with van der Waals surface area (Å²) in [6.07, 6.45) is 0.625. The van der Waals surface area contributed by atoms with Gasteiger partial charge in [0.15, 0.2) is 15.8 Å². The normalized spacial score (nSPS) is 18.8. The van der Waals surface area contributed by atoms with Crippen LogP contribution in [-0.4, -0.2) is 58.8 Å². The van der Waals surface area contributed by atoms with E-state index in [1.807, 2.05) is 31.2 Å². The zero-order chi connectivity index (χ0) is 18.1. The van der Waals surface area contributed by atoms with Crippen molar-refractivity contribution in [3.8, 4) is 5.75 Å². The Balaban J connectivity index is 0.00000338. The molecule has 0 spiro atoms. The second-order valence-corrected chi connectivity index (χ2v) is 8.15. The van der Waals surface area contributed by atoms with Gasteiger partial charge in [0.05, 0.1) is 24.7 Å². The molecule has 2 rings (SSSR count). The van der Waals surface area contributed by atoms with E-state index in [2.05, 4.69) is 15.6 Å². The molecule has 0 amide bonds. The molecule has 0 saturated carbocycles. The lowest BCUT2D eigenvalue weighted by molar-refractivity contribution is 0.146. The van der Waals surface area contributed by atoms with E-state index in [9.17, 15) is 8.42 Å². The summed E-state index contributed by atoms with van der Waals surface area (Å²) >= 11 is 0. The molecule has 1 aromatic carbocycles. The fourth-order valence-electron chi connectivity index (χ4n) is 2.53. The number of rotatable bonds is 8. The Bertz CT molecular complexity index is 665. The van der Waals surface area contributed by atoms with Crippen LogP contribution in [0.3, 0.4) is 0 Å². The van der Waals surface area contributed by atoms with Crippen LogP contribution in [0.2, 0.25) is 0 Å². The Labute approximate surface area is 172 Å². The molecule has 7 nitrogen and oxygen atoms in total. The summed E-state index contributed by atoms with van der Waals surface area (Å²) in [5.41, 5.74) is 1.05. The Kier molecular flexibility index (Phi) is 10.3. The average molecular weight is 497 g/mol. The third-order valence-corrected chi connectivity index (χ3v) is 5.58. The minimum atomic E-state index is -2.91. The van der Waals surface area contributed by atoms with E-state index in [-0.39, 0.29) is 41.5 Å². The molecule has 1 aliphatic heterocycles. The molecular formula is C17H28IN3O4S. The Morgan fingerprint density at radius 2 is 2.00 bits per heavy atom. The Morgan fingerprint density at radius 3 is 2.58 bits per heavy atom. The highest BCUT2D eigenvalue weighted by atomic mass is 127. The first-order valence-corrected chi connectivity index (χ1v) is 10.3. The Hall–Kier alpha value is -1.07. The van der Waals surface area contributed by atoms with Crippen LogP contribution >= 0.6 is 24.0 Å². The molecule has 1 aromatic rings. The fourth-order valence-corrected chi connectivity index (χ4v) is 4.20. The van der Waals surface area contributed by atoms with E-state index in [1.165, 1.54) is 0 Å². The lowest BCUT2D eigenvalue weighted by atomic mass is 10.2. The van der Waals surface area contributed by atoms with Crippen LogP contribution in [-0.2, 0) is 21.1 Å². The smallest absolute Gasteiger partial charge is 0.191 e. The van der Waals surface area contributed by atoms with Crippen molar-refractivity contribution in [1.82, 2.24) is 10.6 Å². The van der Waals surface area contributed by atoms with Gasteiger partial charge in [0, 0.05) is 19.7 Å². The summed E-state index contributed by atoms with van der Waals surface area (Å²) in [7, 11) is -1.27. The van der Waals surface area contributed by atoms with Gasteiger partial charge in [0.1, 0.15) is 12.4 Å². The van der Waals surface area contributed by atoms with E-state index < -0.39 is 9.84 Å². The number of methoxy groups -OCH3 is 1. The van der Waals surface area contributed by atoms with Crippen molar-refractivity contribution in [2.24, 2.45) is 4.99 Å². The molecule has 1 atom stereocenters. The van der Waals surface area contributed by atoms with E-state index in [0.717, 1.165) is 17.9 Å². The van der Waals surface area contributed by atoms with Gasteiger partial charge in [-0.15, -0.1) is 24.0 Å². The number of benzene rings is 1. The van der Waals surface area contributed by atoms with Crippen molar-refractivity contribution in [2.45, 2.75) is 25.9 Å². The van der Waals surface area contributed by atoms with Crippen LogP contribution < -0.4 is 15.4 Å². The maximum Gasteiger partial charge on any atom is 0.191 e. The van der Waals surface area contributed by atoms with Crippen LogP contribution in [0.15, 0.2) is 29.3 Å². The topological polar surface area (TPSA) is 89.0 Å². The molecule has 1 aliphatic rings. The molecule has 1 unspecified atom stereocenters. The second kappa shape index (κ2) is 11.6.